The van der Waals surface area contributed by atoms with E-state index in [9.17, 15) is 5.26 Å². The van der Waals surface area contributed by atoms with Crippen molar-refractivity contribution in [2.45, 2.75) is 0 Å². The van der Waals surface area contributed by atoms with E-state index in [-0.39, 0.29) is 0 Å². The molecule has 3 nitrogen and oxygen atoms in total. The van der Waals surface area contributed by atoms with Crippen molar-refractivity contribution in [1.82, 2.24) is 4.98 Å². The molecule has 1 aromatic heterocycles. The summed E-state index contributed by atoms with van der Waals surface area (Å²) in [6.07, 6.45) is 1.57. The normalized spacial score (nSPS) is 11.3. The summed E-state index contributed by atoms with van der Waals surface area (Å²) in [5.41, 5.74) is 2.61. The number of hydrogen-bond donors (Lipinski definition) is 1. The van der Waals surface area contributed by atoms with Crippen LogP contribution >= 0.6 is 57.7 Å². The summed E-state index contributed by atoms with van der Waals surface area (Å²) in [7, 11) is 0. The molecule has 130 valence electrons. The highest BCUT2D eigenvalue weighted by Crippen LogP contribution is 2.31. The van der Waals surface area contributed by atoms with Gasteiger partial charge in [-0.25, -0.2) is 4.98 Å². The van der Waals surface area contributed by atoms with E-state index in [1.807, 2.05) is 11.4 Å². The second kappa shape index (κ2) is 8.30. The van der Waals surface area contributed by atoms with E-state index in [2.05, 4.69) is 16.4 Å². The third-order valence-electron chi connectivity index (χ3n) is 3.32. The number of allylic oxidation sites excluding steroid dienone is 1. The molecular weight excluding hydrogens is 432 g/mol. The lowest BCUT2D eigenvalue weighted by atomic mass is 10.2. The number of hydrogen-bond acceptors (Lipinski definition) is 4. The Kier molecular flexibility index (Phi) is 6.08. The van der Waals surface area contributed by atoms with E-state index in [4.69, 9.17) is 46.4 Å². The van der Waals surface area contributed by atoms with Crippen LogP contribution in [0.3, 0.4) is 0 Å². The van der Waals surface area contributed by atoms with Gasteiger partial charge in [0.15, 0.2) is 0 Å². The number of rotatable bonds is 4. The van der Waals surface area contributed by atoms with Crippen LogP contribution in [0.2, 0.25) is 20.1 Å². The van der Waals surface area contributed by atoms with Gasteiger partial charge in [0, 0.05) is 32.9 Å². The fourth-order valence-electron chi connectivity index (χ4n) is 2.12. The highest BCUT2D eigenvalue weighted by molar-refractivity contribution is 7.11. The molecule has 0 spiro atoms. The Hall–Kier alpha value is -1.74. The van der Waals surface area contributed by atoms with Gasteiger partial charge in [-0.05, 0) is 30.3 Å². The molecule has 0 aliphatic rings. The summed E-state index contributed by atoms with van der Waals surface area (Å²) in [6, 6.07) is 12.5. The van der Waals surface area contributed by atoms with Crippen LogP contribution in [0.4, 0.5) is 5.69 Å². The first kappa shape index (κ1) is 19.0. The van der Waals surface area contributed by atoms with Gasteiger partial charge in [0.1, 0.15) is 16.6 Å². The summed E-state index contributed by atoms with van der Waals surface area (Å²) < 4.78 is 0. The Bertz CT molecular complexity index is 1020. The maximum atomic E-state index is 9.44. The van der Waals surface area contributed by atoms with Crippen LogP contribution < -0.4 is 5.32 Å². The Labute approximate surface area is 174 Å². The van der Waals surface area contributed by atoms with Crippen LogP contribution in [0.1, 0.15) is 5.01 Å². The molecule has 2 aromatic carbocycles. The van der Waals surface area contributed by atoms with Gasteiger partial charge >= 0.3 is 0 Å². The van der Waals surface area contributed by atoms with Crippen LogP contribution in [0.25, 0.3) is 16.8 Å². The van der Waals surface area contributed by atoms with Gasteiger partial charge < -0.3 is 5.32 Å². The summed E-state index contributed by atoms with van der Waals surface area (Å²) in [6.45, 7) is 0. The number of nitriles is 1. The second-order valence-corrected chi connectivity index (χ2v) is 7.68. The van der Waals surface area contributed by atoms with Crippen molar-refractivity contribution < 1.29 is 0 Å². The Balaban J connectivity index is 1.86. The molecule has 0 radical (unpaired) electrons. The maximum absolute atomic E-state index is 9.44. The number of thiazole rings is 1. The van der Waals surface area contributed by atoms with E-state index in [0.29, 0.717) is 36.4 Å². The number of halogens is 4. The lowest BCUT2D eigenvalue weighted by molar-refractivity contribution is 1.36. The average molecular weight is 441 g/mol. The van der Waals surface area contributed by atoms with E-state index < -0.39 is 0 Å². The van der Waals surface area contributed by atoms with Gasteiger partial charge in [-0.2, -0.15) is 5.26 Å². The quantitative estimate of drug-likeness (QED) is 0.430. The van der Waals surface area contributed by atoms with Crippen molar-refractivity contribution in [1.29, 1.82) is 5.26 Å². The van der Waals surface area contributed by atoms with Crippen molar-refractivity contribution >= 4 is 69.0 Å². The fraction of sp³-hybridized carbons (Fsp3) is 0. The molecule has 3 rings (SSSR count). The van der Waals surface area contributed by atoms with Crippen molar-refractivity contribution in [2.24, 2.45) is 0 Å². The molecule has 0 bridgehead atoms. The fourth-order valence-corrected chi connectivity index (χ4v) is 3.74. The first-order valence-electron chi connectivity index (χ1n) is 7.20. The van der Waals surface area contributed by atoms with Crippen molar-refractivity contribution in [3.05, 3.63) is 73.1 Å². The largest absolute Gasteiger partial charge is 0.360 e. The molecule has 0 aliphatic carbocycles. The Morgan fingerprint density at radius 2 is 1.77 bits per heavy atom. The minimum absolute atomic E-state index is 0.386. The zero-order chi connectivity index (χ0) is 18.7. The second-order valence-electron chi connectivity index (χ2n) is 5.14. The van der Waals surface area contributed by atoms with E-state index >= 15 is 0 Å². The monoisotopic (exact) mass is 439 g/mol. The van der Waals surface area contributed by atoms with E-state index in [0.717, 1.165) is 11.3 Å². The third kappa shape index (κ3) is 4.50. The maximum Gasteiger partial charge on any atom is 0.136 e. The first-order valence-corrected chi connectivity index (χ1v) is 9.59. The van der Waals surface area contributed by atoms with Crippen molar-refractivity contribution in [3.63, 3.8) is 0 Å². The highest BCUT2D eigenvalue weighted by atomic mass is 35.5. The molecule has 3 aromatic rings. The molecule has 0 unspecified atom stereocenters. The van der Waals surface area contributed by atoms with Crippen LogP contribution in [0, 0.1) is 11.3 Å². The molecule has 0 amide bonds. The Morgan fingerprint density at radius 1 is 1.04 bits per heavy atom. The Morgan fingerprint density at radius 3 is 2.42 bits per heavy atom. The van der Waals surface area contributed by atoms with E-state index in [1.165, 1.54) is 11.3 Å². The topological polar surface area (TPSA) is 48.7 Å². The lowest BCUT2D eigenvalue weighted by Crippen LogP contribution is -1.91. The summed E-state index contributed by atoms with van der Waals surface area (Å²) in [4.78, 5) is 4.50. The van der Waals surface area contributed by atoms with Gasteiger partial charge in [-0.15, -0.1) is 11.3 Å². The molecule has 1 heterocycles. The van der Waals surface area contributed by atoms with Gasteiger partial charge in [-0.3, -0.25) is 0 Å². The summed E-state index contributed by atoms with van der Waals surface area (Å²) in [5, 5.41) is 16.8. The van der Waals surface area contributed by atoms with Crippen LogP contribution in [0.5, 0.6) is 0 Å². The first-order chi connectivity index (χ1) is 12.5. The number of benzene rings is 2. The molecule has 0 aliphatic heterocycles. The zero-order valence-corrected chi connectivity index (χ0v) is 16.8. The molecule has 0 saturated carbocycles. The van der Waals surface area contributed by atoms with Gasteiger partial charge in [0.2, 0.25) is 0 Å². The van der Waals surface area contributed by atoms with Crippen LogP contribution in [-0.4, -0.2) is 4.98 Å². The molecule has 0 saturated heterocycles. The minimum atomic E-state index is 0.386. The number of nitrogens with one attached hydrogen (secondary N) is 1. The molecule has 26 heavy (non-hydrogen) atoms. The molecule has 1 N–H and O–H groups in total. The van der Waals surface area contributed by atoms with Crippen LogP contribution in [0.15, 0.2) is 48.0 Å². The molecule has 8 heteroatoms. The molecule has 0 atom stereocenters. The number of anilines is 1. The van der Waals surface area contributed by atoms with Gasteiger partial charge in [0.05, 0.1) is 15.7 Å². The zero-order valence-electron chi connectivity index (χ0n) is 12.9. The number of aromatic nitrogens is 1. The third-order valence-corrected chi connectivity index (χ3v) is 5.37. The molecule has 0 fully saturated rings. The predicted octanol–water partition coefficient (Wildman–Crippen LogP) is 7.40. The summed E-state index contributed by atoms with van der Waals surface area (Å²) in [5.74, 6) is 0. The van der Waals surface area contributed by atoms with Gasteiger partial charge in [0.25, 0.3) is 0 Å². The van der Waals surface area contributed by atoms with E-state index in [1.54, 1.807) is 36.5 Å². The minimum Gasteiger partial charge on any atom is -0.360 e. The summed E-state index contributed by atoms with van der Waals surface area (Å²) >= 11 is 25.3. The highest BCUT2D eigenvalue weighted by Gasteiger charge is 2.10. The average Bonchev–Trinajstić information content (AvgIpc) is 3.07. The smallest absolute Gasteiger partial charge is 0.136 e. The van der Waals surface area contributed by atoms with Crippen molar-refractivity contribution in [2.75, 3.05) is 5.32 Å². The van der Waals surface area contributed by atoms with Crippen LogP contribution in [-0.2, 0) is 0 Å². The SMILES string of the molecule is N#C/C(=C/Nc1cc(Cl)cc(Cl)c1)c1nc(-c2ccc(Cl)c(Cl)c2)cs1. The standard InChI is InChI=1S/C18H9Cl4N3S/c19-12-4-13(20)6-14(5-12)24-8-11(7-23)18-25-17(9-26-18)10-1-2-15(21)16(22)3-10/h1-6,8-9,24H/b11-8-. The lowest BCUT2D eigenvalue weighted by Gasteiger charge is -2.03. The predicted molar refractivity (Wildman–Crippen MR) is 111 cm³/mol. The number of nitrogens with zero attached hydrogens (tertiary/aromatic N) is 2. The van der Waals surface area contributed by atoms with Gasteiger partial charge in [-0.1, -0.05) is 52.5 Å². The molecular formula is C18H9Cl4N3S. The van der Waals surface area contributed by atoms with Crippen molar-refractivity contribution in [3.8, 4) is 17.3 Å².